The van der Waals surface area contributed by atoms with Crippen molar-refractivity contribution in [1.29, 1.82) is 0 Å². The van der Waals surface area contributed by atoms with Gasteiger partial charge in [-0.3, -0.25) is 0 Å². The third-order valence-corrected chi connectivity index (χ3v) is 1.55. The van der Waals surface area contributed by atoms with E-state index in [1.165, 1.54) is 0 Å². The lowest BCUT2D eigenvalue weighted by Crippen LogP contribution is -1.66. The fourth-order valence-electron chi connectivity index (χ4n) is 0.800. The van der Waals surface area contributed by atoms with Gasteiger partial charge in [-0.15, -0.1) is 12.6 Å². The lowest BCUT2D eigenvalue weighted by molar-refractivity contribution is 0.467. The van der Waals surface area contributed by atoms with E-state index in [-0.39, 0.29) is 0 Å². The molecular weight excluding hydrogens is 180 g/mol. The number of thiol groups is 1. The van der Waals surface area contributed by atoms with Crippen LogP contribution in [0.15, 0.2) is 34.3 Å². The highest BCUT2D eigenvalue weighted by molar-refractivity contribution is 7.80. The second-order valence-corrected chi connectivity index (χ2v) is 2.67. The molecule has 0 atom stereocenters. The Hall–Kier alpha value is -0.890. The van der Waals surface area contributed by atoms with Crippen molar-refractivity contribution in [2.45, 2.75) is 25.9 Å². The molecule has 0 bridgehead atoms. The molecule has 0 spiro atoms. The third-order valence-electron chi connectivity index (χ3n) is 1.33. The molecule has 0 aliphatic heterocycles. The molecule has 1 heterocycles. The summed E-state index contributed by atoms with van der Waals surface area (Å²) in [4.78, 5) is 0. The SMILES string of the molecule is C=C/C=C\c1oc(S)cc1C.CC. The Labute approximate surface area is 85.6 Å². The smallest absolute Gasteiger partial charge is 0.158 e. The average molecular weight is 196 g/mol. The summed E-state index contributed by atoms with van der Waals surface area (Å²) in [7, 11) is 0. The van der Waals surface area contributed by atoms with Gasteiger partial charge in [-0.25, -0.2) is 0 Å². The Bertz CT molecular complexity index is 284. The summed E-state index contributed by atoms with van der Waals surface area (Å²) in [5, 5.41) is 0.645. The second kappa shape index (κ2) is 6.61. The molecule has 0 aliphatic rings. The first-order valence-electron chi connectivity index (χ1n) is 4.32. The number of allylic oxidation sites excluding steroid dienone is 2. The first-order chi connectivity index (χ1) is 6.24. The van der Waals surface area contributed by atoms with E-state index in [2.05, 4.69) is 19.2 Å². The fourth-order valence-corrected chi connectivity index (χ4v) is 1.09. The monoisotopic (exact) mass is 196 g/mol. The van der Waals surface area contributed by atoms with E-state index in [9.17, 15) is 0 Å². The molecule has 1 aromatic heterocycles. The quantitative estimate of drug-likeness (QED) is 0.555. The first kappa shape index (κ1) is 12.1. The van der Waals surface area contributed by atoms with E-state index in [0.717, 1.165) is 11.3 Å². The number of rotatable bonds is 2. The van der Waals surface area contributed by atoms with Gasteiger partial charge < -0.3 is 4.42 Å². The maximum atomic E-state index is 5.25. The van der Waals surface area contributed by atoms with Crippen molar-refractivity contribution in [3.63, 3.8) is 0 Å². The number of hydrogen-bond acceptors (Lipinski definition) is 2. The van der Waals surface area contributed by atoms with E-state index in [1.54, 1.807) is 6.08 Å². The van der Waals surface area contributed by atoms with Gasteiger partial charge in [0.15, 0.2) is 5.09 Å². The summed E-state index contributed by atoms with van der Waals surface area (Å²) in [6.45, 7) is 9.54. The topological polar surface area (TPSA) is 13.1 Å². The van der Waals surface area contributed by atoms with Crippen molar-refractivity contribution >= 4 is 18.7 Å². The Morgan fingerprint density at radius 3 is 2.46 bits per heavy atom. The summed E-state index contributed by atoms with van der Waals surface area (Å²) in [5.74, 6) is 0.843. The van der Waals surface area contributed by atoms with Crippen LogP contribution in [0.25, 0.3) is 6.08 Å². The van der Waals surface area contributed by atoms with Gasteiger partial charge in [0, 0.05) is 0 Å². The summed E-state index contributed by atoms with van der Waals surface area (Å²) in [5.41, 5.74) is 1.09. The van der Waals surface area contributed by atoms with Gasteiger partial charge in [-0.1, -0.05) is 32.6 Å². The summed E-state index contributed by atoms with van der Waals surface area (Å²) in [6, 6.07) is 1.88. The molecule has 1 nitrogen and oxygen atoms in total. The second-order valence-electron chi connectivity index (χ2n) is 2.23. The van der Waals surface area contributed by atoms with Crippen LogP contribution in [0.4, 0.5) is 0 Å². The zero-order valence-corrected chi connectivity index (χ0v) is 9.27. The molecule has 0 saturated heterocycles. The molecule has 0 amide bonds. The zero-order valence-electron chi connectivity index (χ0n) is 8.37. The Morgan fingerprint density at radius 1 is 1.46 bits per heavy atom. The lowest BCUT2D eigenvalue weighted by Gasteiger charge is -1.85. The number of hydrogen-bond donors (Lipinski definition) is 1. The molecule has 0 fully saturated rings. The minimum atomic E-state index is 0.645. The molecule has 0 aliphatic carbocycles. The minimum absolute atomic E-state index is 0.645. The predicted molar refractivity (Wildman–Crippen MR) is 61.3 cm³/mol. The first-order valence-corrected chi connectivity index (χ1v) is 4.77. The average Bonchev–Trinajstić information content (AvgIpc) is 2.45. The van der Waals surface area contributed by atoms with Gasteiger partial charge in [0.2, 0.25) is 0 Å². The molecule has 0 radical (unpaired) electrons. The van der Waals surface area contributed by atoms with Gasteiger partial charge in [0.25, 0.3) is 0 Å². The third kappa shape index (κ3) is 4.04. The minimum Gasteiger partial charge on any atom is -0.451 e. The molecule has 0 unspecified atom stereocenters. The van der Waals surface area contributed by atoms with Crippen molar-refractivity contribution in [3.05, 3.63) is 36.1 Å². The molecule has 72 valence electrons. The molecule has 0 N–H and O–H groups in total. The van der Waals surface area contributed by atoms with Crippen LogP contribution in [0.5, 0.6) is 0 Å². The zero-order chi connectivity index (χ0) is 10.3. The van der Waals surface area contributed by atoms with Crippen molar-refractivity contribution in [3.8, 4) is 0 Å². The van der Waals surface area contributed by atoms with Gasteiger partial charge >= 0.3 is 0 Å². The van der Waals surface area contributed by atoms with Crippen molar-refractivity contribution in [2.24, 2.45) is 0 Å². The Kier molecular flexibility index (Phi) is 6.15. The van der Waals surface area contributed by atoms with E-state index < -0.39 is 0 Å². The van der Waals surface area contributed by atoms with Crippen LogP contribution in [0.2, 0.25) is 0 Å². The van der Waals surface area contributed by atoms with Crippen LogP contribution >= 0.6 is 12.6 Å². The fraction of sp³-hybridized carbons (Fsp3) is 0.273. The van der Waals surface area contributed by atoms with E-state index in [1.807, 2.05) is 39.0 Å². The molecule has 1 rings (SSSR count). The van der Waals surface area contributed by atoms with Crippen molar-refractivity contribution in [1.82, 2.24) is 0 Å². The van der Waals surface area contributed by atoms with E-state index in [4.69, 9.17) is 4.42 Å². The maximum Gasteiger partial charge on any atom is 0.158 e. The van der Waals surface area contributed by atoms with Gasteiger partial charge in [-0.2, -0.15) is 0 Å². The standard InChI is InChI=1S/C9H10OS.C2H6/c1-3-4-5-8-7(2)6-9(11)10-8;1-2/h3-6,11H,1H2,2H3;1-2H3/b5-4-;. The van der Waals surface area contributed by atoms with Crippen LogP contribution in [0.1, 0.15) is 25.2 Å². The Balaban J connectivity index is 0.000000671. The highest BCUT2D eigenvalue weighted by atomic mass is 32.1. The summed E-state index contributed by atoms with van der Waals surface area (Å²) >= 11 is 4.07. The van der Waals surface area contributed by atoms with Gasteiger partial charge in [0.1, 0.15) is 5.76 Å². The number of aryl methyl sites for hydroxylation is 1. The summed E-state index contributed by atoms with van der Waals surface area (Å²) in [6.07, 6.45) is 5.40. The largest absolute Gasteiger partial charge is 0.451 e. The van der Waals surface area contributed by atoms with Crippen molar-refractivity contribution in [2.75, 3.05) is 0 Å². The predicted octanol–water partition coefficient (Wildman–Crippen LogP) is 4.10. The van der Waals surface area contributed by atoms with Crippen LogP contribution in [0, 0.1) is 6.92 Å². The molecular formula is C11H16OS. The van der Waals surface area contributed by atoms with E-state index >= 15 is 0 Å². The molecule has 0 aromatic carbocycles. The normalized spacial score (nSPS) is 9.54. The number of furan rings is 1. The van der Waals surface area contributed by atoms with Crippen LogP contribution in [0.3, 0.4) is 0 Å². The highest BCUT2D eigenvalue weighted by Gasteiger charge is 1.99. The van der Waals surface area contributed by atoms with Crippen LogP contribution in [-0.4, -0.2) is 0 Å². The van der Waals surface area contributed by atoms with Crippen molar-refractivity contribution < 1.29 is 4.42 Å². The lowest BCUT2D eigenvalue weighted by atomic mass is 10.2. The molecule has 0 saturated carbocycles. The van der Waals surface area contributed by atoms with Crippen LogP contribution in [-0.2, 0) is 0 Å². The molecule has 2 heteroatoms. The van der Waals surface area contributed by atoms with Gasteiger partial charge in [-0.05, 0) is 24.6 Å². The molecule has 1 aromatic rings. The van der Waals surface area contributed by atoms with E-state index in [0.29, 0.717) is 5.09 Å². The van der Waals surface area contributed by atoms with Crippen LogP contribution < -0.4 is 0 Å². The Morgan fingerprint density at radius 2 is 2.08 bits per heavy atom. The summed E-state index contributed by atoms with van der Waals surface area (Å²) < 4.78 is 5.25. The highest BCUT2D eigenvalue weighted by Crippen LogP contribution is 2.18. The van der Waals surface area contributed by atoms with Gasteiger partial charge in [0.05, 0.1) is 0 Å². The molecule has 13 heavy (non-hydrogen) atoms. The maximum absolute atomic E-state index is 5.25.